The lowest BCUT2D eigenvalue weighted by molar-refractivity contribution is -0.122. The van der Waals surface area contributed by atoms with E-state index in [1.54, 1.807) is 18.3 Å². The van der Waals surface area contributed by atoms with Crippen molar-refractivity contribution in [3.8, 4) is 0 Å². The van der Waals surface area contributed by atoms with E-state index in [0.29, 0.717) is 17.1 Å². The van der Waals surface area contributed by atoms with Gasteiger partial charge in [0.05, 0.1) is 18.8 Å². The number of nitrogens with one attached hydrogen (secondary N) is 2. The maximum atomic E-state index is 12.5. The molecule has 0 saturated carbocycles. The molecule has 0 fully saturated rings. The van der Waals surface area contributed by atoms with Crippen LogP contribution in [-0.4, -0.2) is 33.6 Å². The summed E-state index contributed by atoms with van der Waals surface area (Å²) in [5, 5.41) is 17.3. The highest BCUT2D eigenvalue weighted by molar-refractivity contribution is 5.96. The van der Waals surface area contributed by atoms with Crippen molar-refractivity contribution in [2.24, 2.45) is 0 Å². The molecule has 1 aliphatic rings. The highest BCUT2D eigenvalue weighted by Crippen LogP contribution is 2.21. The van der Waals surface area contributed by atoms with Crippen LogP contribution in [0.2, 0.25) is 0 Å². The van der Waals surface area contributed by atoms with E-state index in [2.05, 4.69) is 34.1 Å². The summed E-state index contributed by atoms with van der Waals surface area (Å²) >= 11 is 0. The van der Waals surface area contributed by atoms with Gasteiger partial charge < -0.3 is 15.7 Å². The Morgan fingerprint density at radius 2 is 2.12 bits per heavy atom. The van der Waals surface area contributed by atoms with Gasteiger partial charge in [-0.2, -0.15) is 0 Å². The maximum absolute atomic E-state index is 12.5. The summed E-state index contributed by atoms with van der Waals surface area (Å²) in [7, 11) is 0. The summed E-state index contributed by atoms with van der Waals surface area (Å²) in [5.74, 6) is 0.159. The molecule has 0 bridgehead atoms. The maximum Gasteiger partial charge on any atom is 0.355 e. The third-order valence-electron chi connectivity index (χ3n) is 5.31. The summed E-state index contributed by atoms with van der Waals surface area (Å²) in [5.41, 5.74) is 3.77. The quantitative estimate of drug-likeness (QED) is 0.418. The van der Waals surface area contributed by atoms with E-state index >= 15 is 0 Å². The first kappa shape index (κ1) is 23.1. The predicted molar refractivity (Wildman–Crippen MR) is 128 cm³/mol. The molecule has 7 nitrogen and oxygen atoms in total. The molecular weight excluding hydrogens is 402 g/mol. The van der Waals surface area contributed by atoms with E-state index in [1.165, 1.54) is 0 Å². The number of allylic oxidation sites excluding steroid dienone is 3. The lowest BCUT2D eigenvalue weighted by Gasteiger charge is -2.16. The van der Waals surface area contributed by atoms with Gasteiger partial charge in [-0.05, 0) is 55.9 Å². The zero-order chi connectivity index (χ0) is 23.3. The number of fused-ring (bicyclic) bond motifs is 1. The van der Waals surface area contributed by atoms with Crippen molar-refractivity contribution in [3.63, 3.8) is 0 Å². The van der Waals surface area contributed by atoms with Gasteiger partial charge in [-0.25, -0.2) is 9.56 Å². The first-order valence-electron chi connectivity index (χ1n) is 10.7. The third-order valence-corrected chi connectivity index (χ3v) is 5.31. The molecule has 0 saturated heterocycles. The van der Waals surface area contributed by atoms with Crippen molar-refractivity contribution in [1.82, 2.24) is 14.5 Å². The fourth-order valence-electron chi connectivity index (χ4n) is 3.14. The smallest absolute Gasteiger partial charge is 0.355 e. The van der Waals surface area contributed by atoms with Crippen molar-refractivity contribution in [3.05, 3.63) is 82.8 Å². The Hall–Kier alpha value is -3.58. The van der Waals surface area contributed by atoms with Crippen molar-refractivity contribution in [2.75, 3.05) is 17.2 Å². The average Bonchev–Trinajstić information content (AvgIpc) is 2.78. The van der Waals surface area contributed by atoms with Gasteiger partial charge in [0, 0.05) is 5.69 Å². The summed E-state index contributed by atoms with van der Waals surface area (Å²) < 4.78 is 2.04. The van der Waals surface area contributed by atoms with Crippen LogP contribution in [0.1, 0.15) is 39.3 Å². The molecule has 2 atom stereocenters. The zero-order valence-corrected chi connectivity index (χ0v) is 19.0. The fourth-order valence-corrected chi connectivity index (χ4v) is 3.14. The second kappa shape index (κ2) is 10.2. The van der Waals surface area contributed by atoms with E-state index in [9.17, 15) is 9.90 Å². The number of carbonyl (C=O) groups is 1. The van der Waals surface area contributed by atoms with Gasteiger partial charge >= 0.3 is 5.49 Å². The molecule has 1 aromatic carbocycles. The van der Waals surface area contributed by atoms with Gasteiger partial charge in [0.1, 0.15) is 6.20 Å². The summed E-state index contributed by atoms with van der Waals surface area (Å²) in [6.45, 7) is 12.6. The Labute approximate surface area is 188 Å². The molecule has 3 rings (SSSR count). The molecule has 0 spiro atoms. The number of hydrogen-bond donors (Lipinski definition) is 3. The molecule has 1 aromatic heterocycles. The van der Waals surface area contributed by atoms with Crippen molar-refractivity contribution in [2.45, 2.75) is 39.8 Å². The highest BCUT2D eigenvalue weighted by Gasteiger charge is 2.19. The number of nitrogens with zero attached hydrogens (tertiary/aromatic N) is 3. The number of rotatable bonds is 9. The Balaban J connectivity index is 1.66. The van der Waals surface area contributed by atoms with E-state index < -0.39 is 12.0 Å². The molecule has 166 valence electrons. The molecule has 3 N–H and O–H groups in total. The molecule has 2 aromatic rings. The van der Waals surface area contributed by atoms with Gasteiger partial charge in [0.2, 0.25) is 0 Å². The zero-order valence-electron chi connectivity index (χ0n) is 19.0. The predicted octanol–water partition coefficient (Wildman–Crippen LogP) is 2.29. The molecule has 7 heteroatoms. The van der Waals surface area contributed by atoms with Crippen molar-refractivity contribution < 1.29 is 9.90 Å². The minimum absolute atomic E-state index is 0.0648. The van der Waals surface area contributed by atoms with Crippen LogP contribution < -0.4 is 26.0 Å². The Kier molecular flexibility index (Phi) is 7.33. The fraction of sp³-hybridized carbons (Fsp3) is 0.280. The molecule has 1 aliphatic heterocycles. The average molecular weight is 433 g/mol. The SMILES string of the molecule is C=C(/C=C\C(C)=C/C)C(O)C(=O)Nc1cccc(C(C)Nc2cnc3c(n2)=[N+](CC)C=3)c1. The Morgan fingerprint density at radius 3 is 2.84 bits per heavy atom. The van der Waals surface area contributed by atoms with Crippen LogP contribution in [0.5, 0.6) is 0 Å². The minimum Gasteiger partial charge on any atom is -0.378 e. The molecule has 32 heavy (non-hydrogen) atoms. The number of carbonyl (C=O) groups excluding carboxylic acids is 1. The van der Waals surface area contributed by atoms with E-state index in [4.69, 9.17) is 0 Å². The Bertz CT molecular complexity index is 1210. The normalized spacial score (nSPS) is 14.8. The molecule has 0 aliphatic carbocycles. The molecular formula is C25H30N5O2+. The van der Waals surface area contributed by atoms with Gasteiger partial charge in [-0.1, -0.05) is 42.5 Å². The van der Waals surface area contributed by atoms with Crippen LogP contribution in [0, 0.1) is 0 Å². The minimum atomic E-state index is -1.33. The van der Waals surface area contributed by atoms with Crippen LogP contribution in [0.4, 0.5) is 11.5 Å². The molecule has 2 unspecified atom stereocenters. The number of amides is 1. The van der Waals surface area contributed by atoms with Crippen LogP contribution in [0.15, 0.2) is 66.4 Å². The number of benzene rings is 1. The van der Waals surface area contributed by atoms with Crippen LogP contribution in [-0.2, 0) is 4.79 Å². The van der Waals surface area contributed by atoms with E-state index in [0.717, 1.165) is 28.5 Å². The second-order valence-electron chi connectivity index (χ2n) is 7.70. The highest BCUT2D eigenvalue weighted by atomic mass is 16.3. The van der Waals surface area contributed by atoms with E-state index in [-0.39, 0.29) is 6.04 Å². The molecule has 2 heterocycles. The van der Waals surface area contributed by atoms with Gasteiger partial charge in [0.25, 0.3) is 11.7 Å². The first-order chi connectivity index (χ1) is 15.3. The number of aliphatic hydroxyl groups is 1. The van der Waals surface area contributed by atoms with Gasteiger partial charge in [0.15, 0.2) is 11.5 Å². The molecule has 1 amide bonds. The monoisotopic (exact) mass is 432 g/mol. The van der Waals surface area contributed by atoms with E-state index in [1.807, 2.05) is 61.9 Å². The summed E-state index contributed by atoms with van der Waals surface area (Å²) in [4.78, 5) is 21.5. The number of aliphatic hydroxyl groups excluding tert-OH is 1. The number of anilines is 2. The lowest BCUT2D eigenvalue weighted by atomic mass is 10.1. The van der Waals surface area contributed by atoms with Gasteiger partial charge in [-0.15, -0.1) is 0 Å². The third kappa shape index (κ3) is 5.36. The first-order valence-corrected chi connectivity index (χ1v) is 10.7. The van der Waals surface area contributed by atoms with Gasteiger partial charge in [-0.3, -0.25) is 4.79 Å². The number of aromatic nitrogens is 2. The lowest BCUT2D eigenvalue weighted by Crippen LogP contribution is -2.51. The Morgan fingerprint density at radius 1 is 1.34 bits per heavy atom. The standard InChI is InChI=1S/C25H29N5O2/c1-6-16(3)11-12-17(4)23(31)25(32)28-20-10-8-9-19(13-20)18(5)27-22-14-26-21-15-30(7-2)24(21)29-22/h6,8-15,18,23,31H,4,7H2,1-3,5H3,(H,28,32)/p+1/b12-11-,16-6-. The van der Waals surface area contributed by atoms with Crippen LogP contribution in [0.25, 0.3) is 6.20 Å². The second-order valence-corrected chi connectivity index (χ2v) is 7.70. The largest absolute Gasteiger partial charge is 0.378 e. The number of hydrogen-bond acceptors (Lipinski definition) is 5. The summed E-state index contributed by atoms with van der Waals surface area (Å²) in [6.07, 6.45) is 7.75. The van der Waals surface area contributed by atoms with Crippen molar-refractivity contribution >= 4 is 23.6 Å². The topological polar surface area (TPSA) is 90.2 Å². The van der Waals surface area contributed by atoms with Crippen LogP contribution >= 0.6 is 0 Å². The summed E-state index contributed by atoms with van der Waals surface area (Å²) in [6, 6.07) is 7.41. The van der Waals surface area contributed by atoms with Crippen molar-refractivity contribution in [1.29, 1.82) is 0 Å². The molecule has 0 radical (unpaired) electrons. The van der Waals surface area contributed by atoms with Crippen LogP contribution in [0.3, 0.4) is 0 Å².